The van der Waals surface area contributed by atoms with Gasteiger partial charge in [-0.15, -0.1) is 0 Å². The number of hydrogen-bond donors (Lipinski definition) is 0. The highest BCUT2D eigenvalue weighted by Crippen LogP contribution is 2.27. The maximum Gasteiger partial charge on any atom is 0.257 e. The number of carbonyl (C=O) groups excluding carboxylic acids is 1. The zero-order valence-electron chi connectivity index (χ0n) is 16.8. The normalized spacial score (nSPS) is 19.3. The average molecular weight is 387 g/mol. The van der Waals surface area contributed by atoms with Crippen LogP contribution in [0.5, 0.6) is 0 Å². The predicted octanol–water partition coefficient (Wildman–Crippen LogP) is 3.66. The molecular formula is C21H29N3O4. The van der Waals surface area contributed by atoms with E-state index in [1.54, 1.807) is 0 Å². The summed E-state index contributed by atoms with van der Waals surface area (Å²) >= 11 is 0. The van der Waals surface area contributed by atoms with E-state index in [-0.39, 0.29) is 5.91 Å². The second-order valence-electron chi connectivity index (χ2n) is 8.04. The molecule has 2 aromatic rings. The van der Waals surface area contributed by atoms with Gasteiger partial charge in [0.2, 0.25) is 5.89 Å². The molecule has 7 nitrogen and oxygen atoms in total. The standard InChI is InChI=1S/C21H29N3O4/c1-14-13-18(15(2)27-14)21(25)24-9-5-16(6-10-24)3-4-19-22-20(28-23-19)17-7-11-26-12-8-17/h13,16-17H,3-12H2,1-2H3. The van der Waals surface area contributed by atoms with Gasteiger partial charge >= 0.3 is 0 Å². The van der Waals surface area contributed by atoms with Crippen molar-refractivity contribution in [2.75, 3.05) is 26.3 Å². The summed E-state index contributed by atoms with van der Waals surface area (Å²) in [5.41, 5.74) is 0.698. The summed E-state index contributed by atoms with van der Waals surface area (Å²) in [4.78, 5) is 19.3. The third-order valence-electron chi connectivity index (χ3n) is 6.00. The molecule has 2 fully saturated rings. The zero-order chi connectivity index (χ0) is 19.5. The van der Waals surface area contributed by atoms with Crippen LogP contribution in [0.15, 0.2) is 15.0 Å². The molecule has 2 aliphatic rings. The van der Waals surface area contributed by atoms with Gasteiger partial charge in [-0.3, -0.25) is 4.79 Å². The number of ether oxygens (including phenoxy) is 1. The first-order valence-electron chi connectivity index (χ1n) is 10.4. The first-order valence-corrected chi connectivity index (χ1v) is 10.4. The highest BCUT2D eigenvalue weighted by molar-refractivity contribution is 5.95. The van der Waals surface area contributed by atoms with E-state index in [9.17, 15) is 4.79 Å². The monoisotopic (exact) mass is 387 g/mol. The molecule has 4 rings (SSSR count). The largest absolute Gasteiger partial charge is 0.466 e. The Labute approximate surface area is 165 Å². The lowest BCUT2D eigenvalue weighted by molar-refractivity contribution is 0.0685. The minimum absolute atomic E-state index is 0.0899. The fraction of sp³-hybridized carbons (Fsp3) is 0.667. The Morgan fingerprint density at radius 3 is 2.61 bits per heavy atom. The van der Waals surface area contributed by atoms with E-state index in [0.717, 1.165) is 82.3 Å². The van der Waals surface area contributed by atoms with Crippen LogP contribution >= 0.6 is 0 Å². The van der Waals surface area contributed by atoms with Gasteiger partial charge in [-0.2, -0.15) is 4.98 Å². The molecule has 0 N–H and O–H groups in total. The van der Waals surface area contributed by atoms with E-state index < -0.39 is 0 Å². The van der Waals surface area contributed by atoms with Crippen LogP contribution in [0.1, 0.15) is 71.6 Å². The van der Waals surface area contributed by atoms with Gasteiger partial charge < -0.3 is 18.6 Å². The van der Waals surface area contributed by atoms with Crippen molar-refractivity contribution < 1.29 is 18.5 Å². The molecule has 0 saturated carbocycles. The number of amides is 1. The third kappa shape index (κ3) is 4.29. The smallest absolute Gasteiger partial charge is 0.257 e. The Kier molecular flexibility index (Phi) is 5.80. The summed E-state index contributed by atoms with van der Waals surface area (Å²) in [6.45, 7) is 6.88. The highest BCUT2D eigenvalue weighted by Gasteiger charge is 2.26. The Bertz CT molecular complexity index is 798. The Morgan fingerprint density at radius 1 is 1.18 bits per heavy atom. The molecule has 4 heterocycles. The molecule has 2 aromatic heterocycles. The molecule has 1 amide bonds. The average Bonchev–Trinajstić information content (AvgIpc) is 3.33. The number of piperidine rings is 1. The molecule has 152 valence electrons. The van der Waals surface area contributed by atoms with Crippen molar-refractivity contribution in [3.63, 3.8) is 0 Å². The maximum atomic E-state index is 12.7. The first-order chi connectivity index (χ1) is 13.6. The lowest BCUT2D eigenvalue weighted by Crippen LogP contribution is -2.38. The van der Waals surface area contributed by atoms with Crippen LogP contribution in [0, 0.1) is 19.8 Å². The van der Waals surface area contributed by atoms with Gasteiger partial charge in [0.15, 0.2) is 5.82 Å². The maximum absolute atomic E-state index is 12.7. The summed E-state index contributed by atoms with van der Waals surface area (Å²) in [5.74, 6) is 4.11. The van der Waals surface area contributed by atoms with Crippen LogP contribution in [0.4, 0.5) is 0 Å². The van der Waals surface area contributed by atoms with Gasteiger partial charge in [0.05, 0.1) is 5.56 Å². The van der Waals surface area contributed by atoms with Crippen LogP contribution in [0.25, 0.3) is 0 Å². The second kappa shape index (κ2) is 8.47. The number of furan rings is 1. The van der Waals surface area contributed by atoms with Gasteiger partial charge in [-0.1, -0.05) is 5.16 Å². The van der Waals surface area contributed by atoms with E-state index in [4.69, 9.17) is 13.7 Å². The Hall–Kier alpha value is -2.15. The van der Waals surface area contributed by atoms with Gasteiger partial charge in [-0.05, 0) is 57.9 Å². The van der Waals surface area contributed by atoms with Gasteiger partial charge in [0.25, 0.3) is 5.91 Å². The van der Waals surface area contributed by atoms with Crippen LogP contribution in [0.2, 0.25) is 0 Å². The molecule has 0 bridgehead atoms. The number of likely N-dealkylation sites (tertiary alicyclic amines) is 1. The summed E-state index contributed by atoms with van der Waals surface area (Å²) < 4.78 is 16.4. The lowest BCUT2D eigenvalue weighted by atomic mass is 9.91. The van der Waals surface area contributed by atoms with Crippen LogP contribution in [-0.2, 0) is 11.2 Å². The number of hydrogen-bond acceptors (Lipinski definition) is 6. The molecule has 28 heavy (non-hydrogen) atoms. The molecule has 0 atom stereocenters. The van der Waals surface area contributed by atoms with Gasteiger partial charge in [0.1, 0.15) is 11.5 Å². The lowest BCUT2D eigenvalue weighted by Gasteiger charge is -2.31. The fourth-order valence-corrected chi connectivity index (χ4v) is 4.25. The minimum atomic E-state index is 0.0899. The van der Waals surface area contributed by atoms with Crippen molar-refractivity contribution in [1.82, 2.24) is 15.0 Å². The molecule has 0 aromatic carbocycles. The third-order valence-corrected chi connectivity index (χ3v) is 6.00. The predicted molar refractivity (Wildman–Crippen MR) is 102 cm³/mol. The molecule has 2 aliphatic heterocycles. The molecule has 2 saturated heterocycles. The van der Waals surface area contributed by atoms with Crippen LogP contribution in [0.3, 0.4) is 0 Å². The SMILES string of the molecule is Cc1cc(C(=O)N2CCC(CCc3noc(C4CCOCC4)n3)CC2)c(C)o1. The summed E-state index contributed by atoms with van der Waals surface area (Å²) in [6, 6.07) is 1.84. The van der Waals surface area contributed by atoms with Crippen molar-refractivity contribution >= 4 is 5.91 Å². The quantitative estimate of drug-likeness (QED) is 0.779. The second-order valence-corrected chi connectivity index (χ2v) is 8.04. The van der Waals surface area contributed by atoms with Crippen molar-refractivity contribution in [3.05, 3.63) is 34.9 Å². The van der Waals surface area contributed by atoms with Crippen molar-refractivity contribution in [2.45, 2.75) is 58.3 Å². The van der Waals surface area contributed by atoms with Crippen molar-refractivity contribution in [3.8, 4) is 0 Å². The topological polar surface area (TPSA) is 81.6 Å². The van der Waals surface area contributed by atoms with Crippen LogP contribution < -0.4 is 0 Å². The van der Waals surface area contributed by atoms with E-state index in [0.29, 0.717) is 23.2 Å². The fourth-order valence-electron chi connectivity index (χ4n) is 4.25. The summed E-state index contributed by atoms with van der Waals surface area (Å²) in [7, 11) is 0. The number of nitrogens with zero attached hydrogens (tertiary/aromatic N) is 3. The number of rotatable bonds is 5. The van der Waals surface area contributed by atoms with Crippen molar-refractivity contribution in [1.29, 1.82) is 0 Å². The van der Waals surface area contributed by atoms with Gasteiger partial charge in [-0.25, -0.2) is 0 Å². The molecular weight excluding hydrogens is 358 g/mol. The molecule has 0 aliphatic carbocycles. The summed E-state index contributed by atoms with van der Waals surface area (Å²) in [6.07, 6.45) is 5.84. The molecule has 0 unspecified atom stereocenters. The zero-order valence-corrected chi connectivity index (χ0v) is 16.8. The highest BCUT2D eigenvalue weighted by atomic mass is 16.5. The van der Waals surface area contributed by atoms with Crippen molar-refractivity contribution in [2.24, 2.45) is 5.92 Å². The molecule has 0 radical (unpaired) electrons. The number of aromatic nitrogens is 2. The van der Waals surface area contributed by atoms with E-state index in [1.165, 1.54) is 0 Å². The van der Waals surface area contributed by atoms with Crippen LogP contribution in [-0.4, -0.2) is 47.3 Å². The van der Waals surface area contributed by atoms with E-state index in [2.05, 4.69) is 10.1 Å². The van der Waals surface area contributed by atoms with E-state index in [1.807, 2.05) is 24.8 Å². The molecule has 0 spiro atoms. The minimum Gasteiger partial charge on any atom is -0.466 e. The molecule has 7 heteroatoms. The summed E-state index contributed by atoms with van der Waals surface area (Å²) in [5, 5.41) is 4.17. The number of carbonyl (C=O) groups is 1. The number of aryl methyl sites for hydroxylation is 3. The Balaban J connectivity index is 1.24. The Morgan fingerprint density at radius 2 is 1.93 bits per heavy atom. The van der Waals surface area contributed by atoms with Gasteiger partial charge in [0, 0.05) is 38.6 Å². The first kappa shape index (κ1) is 19.2. The van der Waals surface area contributed by atoms with E-state index >= 15 is 0 Å².